The van der Waals surface area contributed by atoms with E-state index < -0.39 is 6.03 Å². The maximum absolute atomic E-state index is 12.9. The number of benzene rings is 1. The van der Waals surface area contributed by atoms with Gasteiger partial charge in [0.2, 0.25) is 5.91 Å². The number of para-hydroxylation sites is 1. The number of carbonyl (C=O) groups is 3. The first-order chi connectivity index (χ1) is 13.0. The zero-order valence-electron chi connectivity index (χ0n) is 15.4. The Kier molecular flexibility index (Phi) is 5.49. The van der Waals surface area contributed by atoms with Gasteiger partial charge in [-0.3, -0.25) is 24.8 Å². The SMILES string of the molecule is CC[C@@H](NC(=O)c1ccccc1N1CCC(=O)NC1=O)c1cccc(C)n1. The van der Waals surface area contributed by atoms with Gasteiger partial charge in [-0.15, -0.1) is 0 Å². The third-order valence-electron chi connectivity index (χ3n) is 4.47. The molecular weight excluding hydrogens is 344 g/mol. The van der Waals surface area contributed by atoms with Crippen molar-refractivity contribution < 1.29 is 14.4 Å². The summed E-state index contributed by atoms with van der Waals surface area (Å²) in [6, 6.07) is 11.8. The van der Waals surface area contributed by atoms with Crippen LogP contribution in [0, 0.1) is 6.92 Å². The number of hydrogen-bond acceptors (Lipinski definition) is 4. The fraction of sp³-hybridized carbons (Fsp3) is 0.300. The van der Waals surface area contributed by atoms with E-state index in [0.29, 0.717) is 17.7 Å². The van der Waals surface area contributed by atoms with Crippen molar-refractivity contribution in [3.05, 3.63) is 59.4 Å². The van der Waals surface area contributed by atoms with Gasteiger partial charge in [-0.25, -0.2) is 4.79 Å². The standard InChI is InChI=1S/C20H22N4O3/c1-3-15(16-9-6-7-13(2)21-16)22-19(26)14-8-4-5-10-17(14)24-12-11-18(25)23-20(24)27/h4-10,15H,3,11-12H2,1-2H3,(H,22,26)(H,23,25,27)/t15-/m1/s1. The van der Waals surface area contributed by atoms with Crippen LogP contribution in [0.3, 0.4) is 0 Å². The van der Waals surface area contributed by atoms with Crippen LogP contribution in [0.25, 0.3) is 0 Å². The minimum absolute atomic E-state index is 0.201. The van der Waals surface area contributed by atoms with Crippen LogP contribution in [0.2, 0.25) is 0 Å². The number of urea groups is 1. The van der Waals surface area contributed by atoms with Crippen LogP contribution in [0.1, 0.15) is 47.6 Å². The number of aromatic nitrogens is 1. The summed E-state index contributed by atoms with van der Waals surface area (Å²) in [5.41, 5.74) is 2.54. The van der Waals surface area contributed by atoms with E-state index in [9.17, 15) is 14.4 Å². The van der Waals surface area contributed by atoms with Gasteiger partial charge in [-0.05, 0) is 37.6 Å². The fourth-order valence-corrected chi connectivity index (χ4v) is 3.07. The summed E-state index contributed by atoms with van der Waals surface area (Å²) in [6.07, 6.45) is 0.884. The highest BCUT2D eigenvalue weighted by atomic mass is 16.2. The second-order valence-electron chi connectivity index (χ2n) is 6.41. The number of pyridine rings is 1. The molecule has 0 spiro atoms. The quantitative estimate of drug-likeness (QED) is 0.851. The average Bonchev–Trinajstić information content (AvgIpc) is 2.66. The number of nitrogens with zero attached hydrogens (tertiary/aromatic N) is 2. The Morgan fingerprint density at radius 2 is 2.00 bits per heavy atom. The third-order valence-corrected chi connectivity index (χ3v) is 4.47. The van der Waals surface area contributed by atoms with Crippen molar-refractivity contribution in [2.75, 3.05) is 11.4 Å². The molecule has 7 nitrogen and oxygen atoms in total. The molecule has 2 N–H and O–H groups in total. The second kappa shape index (κ2) is 7.99. The third kappa shape index (κ3) is 4.13. The molecule has 1 atom stereocenters. The van der Waals surface area contributed by atoms with Gasteiger partial charge in [0, 0.05) is 18.7 Å². The largest absolute Gasteiger partial charge is 0.344 e. The zero-order chi connectivity index (χ0) is 19.4. The summed E-state index contributed by atoms with van der Waals surface area (Å²) in [7, 11) is 0. The van der Waals surface area contributed by atoms with Crippen molar-refractivity contribution in [3.63, 3.8) is 0 Å². The number of carbonyl (C=O) groups excluding carboxylic acids is 3. The predicted molar refractivity (Wildman–Crippen MR) is 101 cm³/mol. The smallest absolute Gasteiger partial charge is 0.328 e. The highest BCUT2D eigenvalue weighted by Crippen LogP contribution is 2.24. The van der Waals surface area contributed by atoms with Crippen molar-refractivity contribution in [2.24, 2.45) is 0 Å². The molecule has 2 heterocycles. The van der Waals surface area contributed by atoms with E-state index in [-0.39, 0.29) is 30.8 Å². The van der Waals surface area contributed by atoms with Gasteiger partial charge in [0.15, 0.2) is 0 Å². The lowest BCUT2D eigenvalue weighted by atomic mass is 10.1. The second-order valence-corrected chi connectivity index (χ2v) is 6.41. The summed E-state index contributed by atoms with van der Waals surface area (Å²) in [5, 5.41) is 5.29. The van der Waals surface area contributed by atoms with E-state index in [4.69, 9.17) is 0 Å². The van der Waals surface area contributed by atoms with Gasteiger partial charge in [-0.1, -0.05) is 25.1 Å². The summed E-state index contributed by atoms with van der Waals surface area (Å²) in [5.74, 6) is -0.597. The molecule has 1 aliphatic heterocycles. The maximum atomic E-state index is 12.9. The van der Waals surface area contributed by atoms with Gasteiger partial charge >= 0.3 is 6.03 Å². The Bertz CT molecular complexity index is 881. The Morgan fingerprint density at radius 3 is 2.70 bits per heavy atom. The lowest BCUT2D eigenvalue weighted by Gasteiger charge is -2.28. The number of hydrogen-bond donors (Lipinski definition) is 2. The molecule has 4 amide bonds. The van der Waals surface area contributed by atoms with Gasteiger partial charge in [0.05, 0.1) is 23.0 Å². The van der Waals surface area contributed by atoms with Gasteiger partial charge in [0.25, 0.3) is 5.91 Å². The van der Waals surface area contributed by atoms with Crippen LogP contribution in [-0.2, 0) is 4.79 Å². The summed E-state index contributed by atoms with van der Waals surface area (Å²) in [4.78, 5) is 42.4. The van der Waals surface area contributed by atoms with Crippen molar-refractivity contribution in [2.45, 2.75) is 32.7 Å². The predicted octanol–water partition coefficient (Wildman–Crippen LogP) is 2.72. The van der Waals surface area contributed by atoms with Crippen LogP contribution in [0.15, 0.2) is 42.5 Å². The molecule has 0 saturated carbocycles. The fourth-order valence-electron chi connectivity index (χ4n) is 3.07. The van der Waals surface area contributed by atoms with Crippen LogP contribution in [0.4, 0.5) is 10.5 Å². The first-order valence-corrected chi connectivity index (χ1v) is 8.94. The van der Waals surface area contributed by atoms with E-state index in [0.717, 1.165) is 11.4 Å². The molecule has 1 aliphatic rings. The molecule has 1 aromatic heterocycles. The highest BCUT2D eigenvalue weighted by Gasteiger charge is 2.28. The topological polar surface area (TPSA) is 91.4 Å². The molecule has 0 unspecified atom stereocenters. The Hall–Kier alpha value is -3.22. The molecule has 3 rings (SSSR count). The monoisotopic (exact) mass is 366 g/mol. The molecule has 2 aromatic rings. The normalized spacial score (nSPS) is 15.3. The lowest BCUT2D eigenvalue weighted by molar-refractivity contribution is -0.120. The van der Waals surface area contributed by atoms with Crippen molar-refractivity contribution in [1.82, 2.24) is 15.6 Å². The molecule has 1 aromatic carbocycles. The summed E-state index contributed by atoms with van der Waals surface area (Å²) >= 11 is 0. The average molecular weight is 366 g/mol. The van der Waals surface area contributed by atoms with Crippen LogP contribution < -0.4 is 15.5 Å². The number of aryl methyl sites for hydroxylation is 1. The van der Waals surface area contributed by atoms with Crippen LogP contribution in [0.5, 0.6) is 0 Å². The lowest BCUT2D eigenvalue weighted by Crippen LogP contribution is -2.50. The van der Waals surface area contributed by atoms with Gasteiger partial charge < -0.3 is 5.32 Å². The first-order valence-electron chi connectivity index (χ1n) is 8.94. The molecular formula is C20H22N4O3. The number of amides is 4. The highest BCUT2D eigenvalue weighted by molar-refractivity contribution is 6.09. The Balaban J connectivity index is 1.85. The number of rotatable bonds is 5. The molecule has 0 bridgehead atoms. The minimum Gasteiger partial charge on any atom is -0.344 e. The van der Waals surface area contributed by atoms with Crippen LogP contribution in [-0.4, -0.2) is 29.4 Å². The molecule has 7 heteroatoms. The zero-order valence-corrected chi connectivity index (χ0v) is 15.4. The van der Waals surface area contributed by atoms with Gasteiger partial charge in [0.1, 0.15) is 0 Å². The van der Waals surface area contributed by atoms with Crippen LogP contribution >= 0.6 is 0 Å². The molecule has 27 heavy (non-hydrogen) atoms. The van der Waals surface area contributed by atoms with E-state index in [1.165, 1.54) is 4.90 Å². The summed E-state index contributed by atoms with van der Waals surface area (Å²) in [6.45, 7) is 4.12. The van der Waals surface area contributed by atoms with Crippen molar-refractivity contribution in [1.29, 1.82) is 0 Å². The molecule has 140 valence electrons. The van der Waals surface area contributed by atoms with Crippen molar-refractivity contribution >= 4 is 23.5 Å². The summed E-state index contributed by atoms with van der Waals surface area (Å²) < 4.78 is 0. The van der Waals surface area contributed by atoms with E-state index in [1.54, 1.807) is 24.3 Å². The number of nitrogens with one attached hydrogen (secondary N) is 2. The van der Waals surface area contributed by atoms with Gasteiger partial charge in [-0.2, -0.15) is 0 Å². The Morgan fingerprint density at radius 1 is 1.22 bits per heavy atom. The molecule has 0 radical (unpaired) electrons. The van der Waals surface area contributed by atoms with Crippen molar-refractivity contribution in [3.8, 4) is 0 Å². The molecule has 0 aliphatic carbocycles. The maximum Gasteiger partial charge on any atom is 0.328 e. The van der Waals surface area contributed by atoms with E-state index in [1.807, 2.05) is 32.0 Å². The van der Waals surface area contributed by atoms with E-state index >= 15 is 0 Å². The number of imide groups is 1. The molecule has 1 fully saturated rings. The Labute approximate surface area is 157 Å². The first kappa shape index (κ1) is 18.6. The molecule has 1 saturated heterocycles. The minimum atomic E-state index is -0.515. The number of anilines is 1. The van der Waals surface area contributed by atoms with E-state index in [2.05, 4.69) is 15.6 Å².